The van der Waals surface area contributed by atoms with Gasteiger partial charge < -0.3 is 5.73 Å². The van der Waals surface area contributed by atoms with Crippen molar-refractivity contribution >= 4 is 5.78 Å². The topological polar surface area (TPSA) is 60.9 Å². The molecule has 0 saturated heterocycles. The zero-order chi connectivity index (χ0) is 13.8. The molecule has 4 heteroatoms. The van der Waals surface area contributed by atoms with Crippen molar-refractivity contribution in [3.05, 3.63) is 17.5 Å². The summed E-state index contributed by atoms with van der Waals surface area (Å²) in [5.74, 6) is 0.281. The number of rotatable bonds is 7. The van der Waals surface area contributed by atoms with Crippen molar-refractivity contribution in [1.82, 2.24) is 9.78 Å². The quantitative estimate of drug-likeness (QED) is 0.806. The number of aromatic nitrogens is 2. The molecule has 0 aromatic carbocycles. The van der Waals surface area contributed by atoms with Gasteiger partial charge in [-0.25, -0.2) is 0 Å². The maximum Gasteiger partial charge on any atom is 0.138 e. The van der Waals surface area contributed by atoms with E-state index in [-0.39, 0.29) is 11.2 Å². The van der Waals surface area contributed by atoms with Gasteiger partial charge in [0.1, 0.15) is 5.78 Å². The highest BCUT2D eigenvalue weighted by molar-refractivity contribution is 5.80. The van der Waals surface area contributed by atoms with Gasteiger partial charge in [0.2, 0.25) is 0 Å². The van der Waals surface area contributed by atoms with Crippen LogP contribution in [-0.4, -0.2) is 22.1 Å². The third-order valence-corrected chi connectivity index (χ3v) is 3.38. The summed E-state index contributed by atoms with van der Waals surface area (Å²) in [5.41, 5.74) is 7.69. The van der Waals surface area contributed by atoms with Gasteiger partial charge in [-0.2, -0.15) is 5.10 Å². The number of hydrogen-bond acceptors (Lipinski definition) is 3. The third kappa shape index (κ3) is 4.61. The van der Waals surface area contributed by atoms with E-state index in [4.69, 9.17) is 5.73 Å². The lowest BCUT2D eigenvalue weighted by Gasteiger charge is -2.23. The SMILES string of the molecule is Cc1cc(CC(=O)CCC(C)(C)CCN)n(C)n1. The minimum Gasteiger partial charge on any atom is -0.330 e. The Kier molecular flexibility index (Phi) is 5.08. The molecule has 0 saturated carbocycles. The molecule has 1 heterocycles. The number of Topliss-reactive ketones (excluding diaryl/α,β-unsaturated/α-hetero) is 1. The Morgan fingerprint density at radius 1 is 1.44 bits per heavy atom. The Bertz CT molecular complexity index is 407. The van der Waals surface area contributed by atoms with Crippen molar-refractivity contribution in [1.29, 1.82) is 0 Å². The van der Waals surface area contributed by atoms with Gasteiger partial charge in [0.25, 0.3) is 0 Å². The molecule has 0 fully saturated rings. The summed E-state index contributed by atoms with van der Waals surface area (Å²) in [6.45, 7) is 6.96. The van der Waals surface area contributed by atoms with Gasteiger partial charge in [-0.15, -0.1) is 0 Å². The van der Waals surface area contributed by atoms with Gasteiger partial charge in [-0.05, 0) is 37.8 Å². The van der Waals surface area contributed by atoms with E-state index < -0.39 is 0 Å². The Morgan fingerprint density at radius 2 is 2.11 bits per heavy atom. The second-order valence-electron chi connectivity index (χ2n) is 5.82. The number of nitrogens with zero attached hydrogens (tertiary/aromatic N) is 2. The molecule has 0 radical (unpaired) electrons. The van der Waals surface area contributed by atoms with Crippen molar-refractivity contribution in [3.8, 4) is 0 Å². The van der Waals surface area contributed by atoms with Gasteiger partial charge in [0.15, 0.2) is 0 Å². The van der Waals surface area contributed by atoms with Crippen molar-refractivity contribution in [3.63, 3.8) is 0 Å². The van der Waals surface area contributed by atoms with Gasteiger partial charge in [0, 0.05) is 25.6 Å². The molecule has 0 aliphatic carbocycles. The standard InChI is InChI=1S/C14H25N3O/c1-11-9-12(17(4)16-11)10-13(18)5-6-14(2,3)7-8-15/h9H,5-8,10,15H2,1-4H3. The average Bonchev–Trinajstić information content (AvgIpc) is 2.55. The summed E-state index contributed by atoms with van der Waals surface area (Å²) in [4.78, 5) is 12.0. The fraction of sp³-hybridized carbons (Fsp3) is 0.714. The largest absolute Gasteiger partial charge is 0.330 e. The Labute approximate surface area is 110 Å². The zero-order valence-electron chi connectivity index (χ0n) is 12.0. The normalized spacial score (nSPS) is 11.8. The molecule has 4 nitrogen and oxygen atoms in total. The second kappa shape index (κ2) is 6.14. The summed E-state index contributed by atoms with van der Waals surface area (Å²) in [5, 5.41) is 4.25. The Hall–Kier alpha value is -1.16. The van der Waals surface area contributed by atoms with Crippen LogP contribution in [0, 0.1) is 12.3 Å². The molecular weight excluding hydrogens is 226 g/mol. The van der Waals surface area contributed by atoms with Gasteiger partial charge in [-0.3, -0.25) is 9.48 Å². The van der Waals surface area contributed by atoms with Gasteiger partial charge >= 0.3 is 0 Å². The van der Waals surface area contributed by atoms with Crippen LogP contribution < -0.4 is 5.73 Å². The molecule has 0 spiro atoms. The molecule has 0 aliphatic heterocycles. The van der Waals surface area contributed by atoms with E-state index in [2.05, 4.69) is 18.9 Å². The number of nitrogens with two attached hydrogens (primary N) is 1. The van der Waals surface area contributed by atoms with Crippen LogP contribution in [0.4, 0.5) is 0 Å². The van der Waals surface area contributed by atoms with Crippen LogP contribution in [0.15, 0.2) is 6.07 Å². The second-order valence-corrected chi connectivity index (χ2v) is 5.82. The highest BCUT2D eigenvalue weighted by Crippen LogP contribution is 2.26. The first-order valence-electron chi connectivity index (χ1n) is 6.55. The zero-order valence-corrected chi connectivity index (χ0v) is 12.0. The van der Waals surface area contributed by atoms with E-state index in [9.17, 15) is 4.79 Å². The minimum atomic E-state index is 0.160. The fourth-order valence-electron chi connectivity index (χ4n) is 2.11. The maximum absolute atomic E-state index is 12.0. The first-order valence-corrected chi connectivity index (χ1v) is 6.55. The first-order chi connectivity index (χ1) is 8.34. The van der Waals surface area contributed by atoms with Crippen LogP contribution in [-0.2, 0) is 18.3 Å². The Balaban J connectivity index is 2.45. The monoisotopic (exact) mass is 251 g/mol. The smallest absolute Gasteiger partial charge is 0.138 e. The van der Waals surface area contributed by atoms with Crippen LogP contribution >= 0.6 is 0 Å². The van der Waals surface area contributed by atoms with E-state index in [0.717, 1.165) is 24.2 Å². The van der Waals surface area contributed by atoms with Crippen LogP contribution in [0.2, 0.25) is 0 Å². The summed E-state index contributed by atoms with van der Waals surface area (Å²) in [6.07, 6.45) is 2.97. The van der Waals surface area contributed by atoms with E-state index in [1.807, 2.05) is 20.0 Å². The molecule has 1 aromatic rings. The van der Waals surface area contributed by atoms with Crippen LogP contribution in [0.5, 0.6) is 0 Å². The predicted molar refractivity (Wildman–Crippen MR) is 73.3 cm³/mol. The molecule has 18 heavy (non-hydrogen) atoms. The molecular formula is C14H25N3O. The maximum atomic E-state index is 12.0. The van der Waals surface area contributed by atoms with Crippen LogP contribution in [0.25, 0.3) is 0 Å². The third-order valence-electron chi connectivity index (χ3n) is 3.38. The molecule has 0 amide bonds. The van der Waals surface area contributed by atoms with Crippen LogP contribution in [0.1, 0.15) is 44.5 Å². The summed E-state index contributed by atoms with van der Waals surface area (Å²) >= 11 is 0. The van der Waals surface area contributed by atoms with E-state index >= 15 is 0 Å². The fourth-order valence-corrected chi connectivity index (χ4v) is 2.11. The molecule has 102 valence electrons. The minimum absolute atomic E-state index is 0.160. The summed E-state index contributed by atoms with van der Waals surface area (Å²) in [7, 11) is 1.88. The van der Waals surface area contributed by atoms with Crippen molar-refractivity contribution in [2.24, 2.45) is 18.2 Å². The number of aryl methyl sites for hydroxylation is 2. The molecule has 0 bridgehead atoms. The molecule has 1 rings (SSSR count). The van der Waals surface area contributed by atoms with Crippen molar-refractivity contribution < 1.29 is 4.79 Å². The predicted octanol–water partition coefficient (Wildman–Crippen LogP) is 2.00. The molecule has 1 aromatic heterocycles. The highest BCUT2D eigenvalue weighted by Gasteiger charge is 2.18. The number of ketones is 1. The molecule has 2 N–H and O–H groups in total. The lowest BCUT2D eigenvalue weighted by Crippen LogP contribution is -2.19. The van der Waals surface area contributed by atoms with Gasteiger partial charge in [-0.1, -0.05) is 13.8 Å². The van der Waals surface area contributed by atoms with E-state index in [1.54, 1.807) is 4.68 Å². The van der Waals surface area contributed by atoms with Crippen molar-refractivity contribution in [2.45, 2.75) is 46.5 Å². The van der Waals surface area contributed by atoms with E-state index in [1.165, 1.54) is 0 Å². The Morgan fingerprint density at radius 3 is 2.61 bits per heavy atom. The molecule has 0 unspecified atom stereocenters. The number of carbonyl (C=O) groups excluding carboxylic acids is 1. The van der Waals surface area contributed by atoms with Crippen molar-refractivity contribution in [2.75, 3.05) is 6.54 Å². The average molecular weight is 251 g/mol. The highest BCUT2D eigenvalue weighted by atomic mass is 16.1. The van der Waals surface area contributed by atoms with E-state index in [0.29, 0.717) is 19.4 Å². The lowest BCUT2D eigenvalue weighted by molar-refractivity contribution is -0.119. The number of hydrogen-bond donors (Lipinski definition) is 1. The van der Waals surface area contributed by atoms with Gasteiger partial charge in [0.05, 0.1) is 5.69 Å². The van der Waals surface area contributed by atoms with Crippen LogP contribution in [0.3, 0.4) is 0 Å². The summed E-state index contributed by atoms with van der Waals surface area (Å²) in [6, 6.07) is 1.98. The lowest BCUT2D eigenvalue weighted by atomic mass is 9.83. The molecule has 0 atom stereocenters. The summed E-state index contributed by atoms with van der Waals surface area (Å²) < 4.78 is 1.79. The first kappa shape index (κ1) is 14.9. The number of carbonyl (C=O) groups is 1. The molecule has 0 aliphatic rings.